The van der Waals surface area contributed by atoms with Gasteiger partial charge >= 0.3 is 5.97 Å². The maximum Gasteiger partial charge on any atom is 0.317 e. The summed E-state index contributed by atoms with van der Waals surface area (Å²) in [5.74, 6) is 0.830. The van der Waals surface area contributed by atoms with Crippen LogP contribution in [0, 0.1) is 0 Å². The van der Waals surface area contributed by atoms with Crippen molar-refractivity contribution in [1.82, 2.24) is 10.2 Å². The molecule has 0 aliphatic carbocycles. The number of ether oxygens (including phenoxy) is 2. The molecule has 1 aliphatic rings. The van der Waals surface area contributed by atoms with Gasteiger partial charge in [0.2, 0.25) is 0 Å². The van der Waals surface area contributed by atoms with E-state index in [0.29, 0.717) is 13.2 Å². The largest absolute Gasteiger partial charge is 0.492 e. The molecule has 0 radical (unpaired) electrons. The summed E-state index contributed by atoms with van der Waals surface area (Å²) in [5, 5.41) is 12.8. The lowest BCUT2D eigenvalue weighted by Gasteiger charge is -2.15. The van der Waals surface area contributed by atoms with E-state index in [-0.39, 0.29) is 6.54 Å². The Labute approximate surface area is 227 Å². The molecule has 0 bridgehead atoms. The van der Waals surface area contributed by atoms with Crippen LogP contribution < -0.4 is 14.8 Å². The van der Waals surface area contributed by atoms with Crippen molar-refractivity contribution in [3.8, 4) is 21.9 Å². The van der Waals surface area contributed by atoms with Crippen LogP contribution in [0.3, 0.4) is 0 Å². The second-order valence-electron chi connectivity index (χ2n) is 9.57. The molecule has 6 nitrogen and oxygen atoms in total. The minimum Gasteiger partial charge on any atom is -0.492 e. The molecule has 1 aliphatic heterocycles. The Morgan fingerprint density at radius 3 is 2.32 bits per heavy atom. The highest BCUT2D eigenvalue weighted by Crippen LogP contribution is 2.40. The van der Waals surface area contributed by atoms with Crippen molar-refractivity contribution < 1.29 is 19.4 Å². The molecular formula is C31H34N2O4S. The fraction of sp³-hybridized carbons (Fsp3) is 0.323. The van der Waals surface area contributed by atoms with Crippen LogP contribution in [0.2, 0.25) is 0 Å². The first-order valence-electron chi connectivity index (χ1n) is 13.3. The van der Waals surface area contributed by atoms with Crippen molar-refractivity contribution in [2.45, 2.75) is 19.3 Å². The molecule has 1 saturated heterocycles. The molecule has 2 heterocycles. The second kappa shape index (κ2) is 12.9. The lowest BCUT2D eigenvalue weighted by molar-refractivity contribution is -0.135. The van der Waals surface area contributed by atoms with Gasteiger partial charge in [0.05, 0.1) is 6.54 Å². The average Bonchev–Trinajstić information content (AvgIpc) is 3.58. The molecule has 0 saturated carbocycles. The standard InChI is InChI=1S/C31H34N2O4S/c34-30(35)22-32-15-19-36-26-13-9-24(10-14-26)31-28(27-5-1-2-6-29(27)38-31)21-23-7-11-25(12-8-23)37-20-18-33-16-3-4-17-33/h1-2,5-14,32H,3-4,15-22H2,(H,34,35). The number of aliphatic carboxylic acids is 1. The topological polar surface area (TPSA) is 71.0 Å². The lowest BCUT2D eigenvalue weighted by atomic mass is 9.99. The molecule has 38 heavy (non-hydrogen) atoms. The van der Waals surface area contributed by atoms with E-state index in [1.165, 1.54) is 57.6 Å². The Balaban J connectivity index is 1.25. The van der Waals surface area contributed by atoms with E-state index in [1.54, 1.807) is 0 Å². The van der Waals surface area contributed by atoms with Gasteiger partial charge in [0.1, 0.15) is 24.7 Å². The third kappa shape index (κ3) is 6.92. The van der Waals surface area contributed by atoms with Gasteiger partial charge in [-0.1, -0.05) is 30.3 Å². The van der Waals surface area contributed by atoms with E-state index in [2.05, 4.69) is 70.9 Å². The number of rotatable bonds is 13. The number of carboxylic acid groups (broad SMARTS) is 1. The Hall–Kier alpha value is -3.39. The van der Waals surface area contributed by atoms with Gasteiger partial charge in [-0.25, -0.2) is 0 Å². The van der Waals surface area contributed by atoms with E-state index in [0.717, 1.165) is 31.1 Å². The average molecular weight is 531 g/mol. The van der Waals surface area contributed by atoms with E-state index in [4.69, 9.17) is 14.6 Å². The highest BCUT2D eigenvalue weighted by Gasteiger charge is 2.15. The van der Waals surface area contributed by atoms with E-state index < -0.39 is 5.97 Å². The number of hydrogen-bond donors (Lipinski definition) is 2. The van der Waals surface area contributed by atoms with Crippen LogP contribution in [-0.4, -0.2) is 61.9 Å². The predicted octanol–water partition coefficient (Wildman–Crippen LogP) is 5.69. The van der Waals surface area contributed by atoms with Crippen LogP contribution in [0.15, 0.2) is 72.8 Å². The molecule has 5 rings (SSSR count). The highest BCUT2D eigenvalue weighted by molar-refractivity contribution is 7.22. The van der Waals surface area contributed by atoms with Crippen molar-refractivity contribution in [1.29, 1.82) is 0 Å². The van der Waals surface area contributed by atoms with Gasteiger partial charge in [-0.3, -0.25) is 9.69 Å². The zero-order chi connectivity index (χ0) is 26.2. The van der Waals surface area contributed by atoms with E-state index >= 15 is 0 Å². The quantitative estimate of drug-likeness (QED) is 0.217. The molecule has 0 unspecified atom stereocenters. The minimum absolute atomic E-state index is 0.0640. The molecule has 4 aromatic rings. The summed E-state index contributed by atoms with van der Waals surface area (Å²) in [6, 6.07) is 25.3. The Bertz CT molecular complexity index is 1330. The monoisotopic (exact) mass is 530 g/mol. The molecule has 1 fully saturated rings. The van der Waals surface area contributed by atoms with Gasteiger partial charge in [-0.05, 0) is 96.9 Å². The van der Waals surface area contributed by atoms with Gasteiger partial charge in [0.15, 0.2) is 0 Å². The van der Waals surface area contributed by atoms with Crippen LogP contribution in [0.25, 0.3) is 20.5 Å². The molecule has 1 aromatic heterocycles. The molecular weight excluding hydrogens is 496 g/mol. The number of nitrogens with zero attached hydrogens (tertiary/aromatic N) is 1. The number of likely N-dealkylation sites (tertiary alicyclic amines) is 1. The summed E-state index contributed by atoms with van der Waals surface area (Å²) in [6.07, 6.45) is 3.46. The van der Waals surface area contributed by atoms with E-state index in [9.17, 15) is 4.79 Å². The summed E-state index contributed by atoms with van der Waals surface area (Å²) < 4.78 is 13.0. The van der Waals surface area contributed by atoms with E-state index in [1.807, 2.05) is 23.5 Å². The van der Waals surface area contributed by atoms with Crippen LogP contribution in [0.5, 0.6) is 11.5 Å². The van der Waals surface area contributed by atoms with Crippen molar-refractivity contribution >= 4 is 27.4 Å². The molecule has 0 atom stereocenters. The van der Waals surface area contributed by atoms with Crippen molar-refractivity contribution in [2.24, 2.45) is 0 Å². The first-order chi connectivity index (χ1) is 18.7. The molecule has 3 aromatic carbocycles. The first kappa shape index (κ1) is 26.2. The lowest BCUT2D eigenvalue weighted by Crippen LogP contribution is -2.26. The predicted molar refractivity (Wildman–Crippen MR) is 154 cm³/mol. The number of benzene rings is 3. The number of carbonyl (C=O) groups is 1. The van der Waals surface area contributed by atoms with Gasteiger partial charge in [-0.15, -0.1) is 11.3 Å². The smallest absolute Gasteiger partial charge is 0.317 e. The van der Waals surface area contributed by atoms with Crippen LogP contribution in [0.1, 0.15) is 24.0 Å². The number of fused-ring (bicyclic) bond motifs is 1. The summed E-state index contributed by atoms with van der Waals surface area (Å²) in [5.41, 5.74) is 3.76. The van der Waals surface area contributed by atoms with Gasteiger partial charge < -0.3 is 19.9 Å². The fourth-order valence-electron chi connectivity index (χ4n) is 4.85. The van der Waals surface area contributed by atoms with Gasteiger partial charge in [0.25, 0.3) is 0 Å². The maximum absolute atomic E-state index is 10.6. The third-order valence-electron chi connectivity index (χ3n) is 6.82. The summed E-state index contributed by atoms with van der Waals surface area (Å²) in [6.45, 7) is 4.96. The fourth-order valence-corrected chi connectivity index (χ4v) is 6.08. The SMILES string of the molecule is O=C(O)CNCCOc1ccc(-c2sc3ccccc3c2Cc2ccc(OCCN3CCCC3)cc2)cc1. The second-order valence-corrected chi connectivity index (χ2v) is 10.6. The molecule has 2 N–H and O–H groups in total. The molecule has 198 valence electrons. The molecule has 0 amide bonds. The van der Waals surface area contributed by atoms with Crippen LogP contribution in [-0.2, 0) is 11.2 Å². The number of carboxylic acids is 1. The highest BCUT2D eigenvalue weighted by atomic mass is 32.1. The van der Waals surface area contributed by atoms with Crippen LogP contribution in [0.4, 0.5) is 0 Å². The zero-order valence-electron chi connectivity index (χ0n) is 21.5. The summed E-state index contributed by atoms with van der Waals surface area (Å²) >= 11 is 1.82. The zero-order valence-corrected chi connectivity index (χ0v) is 22.3. The number of hydrogen-bond acceptors (Lipinski definition) is 6. The normalized spacial score (nSPS) is 13.7. The van der Waals surface area contributed by atoms with Crippen molar-refractivity contribution in [3.05, 3.63) is 83.9 Å². The Morgan fingerprint density at radius 2 is 1.58 bits per heavy atom. The third-order valence-corrected chi connectivity index (χ3v) is 8.08. The minimum atomic E-state index is -0.870. The Kier molecular flexibility index (Phi) is 8.91. The molecule has 7 heteroatoms. The van der Waals surface area contributed by atoms with Crippen LogP contribution >= 0.6 is 11.3 Å². The summed E-state index contributed by atoms with van der Waals surface area (Å²) in [7, 11) is 0. The number of thiophene rings is 1. The first-order valence-corrected chi connectivity index (χ1v) is 14.1. The van der Waals surface area contributed by atoms with Crippen molar-refractivity contribution in [2.75, 3.05) is 45.9 Å². The maximum atomic E-state index is 10.6. The van der Waals surface area contributed by atoms with Crippen molar-refractivity contribution in [3.63, 3.8) is 0 Å². The van der Waals surface area contributed by atoms with Gasteiger partial charge in [0, 0.05) is 22.7 Å². The Morgan fingerprint density at radius 1 is 0.895 bits per heavy atom. The molecule has 0 spiro atoms. The number of nitrogens with one attached hydrogen (secondary N) is 1. The summed E-state index contributed by atoms with van der Waals surface area (Å²) in [4.78, 5) is 14.3. The van der Waals surface area contributed by atoms with Gasteiger partial charge in [-0.2, -0.15) is 0 Å².